The van der Waals surface area contributed by atoms with Gasteiger partial charge < -0.3 is 15.1 Å². The van der Waals surface area contributed by atoms with Gasteiger partial charge in [0.15, 0.2) is 5.96 Å². The third-order valence-corrected chi connectivity index (χ3v) is 2.62. The van der Waals surface area contributed by atoms with Gasteiger partial charge in [0.2, 0.25) is 0 Å². The molecule has 100 valence electrons. The van der Waals surface area contributed by atoms with Crippen LogP contribution >= 0.6 is 0 Å². The molecule has 1 aromatic heterocycles. The molecule has 1 saturated carbocycles. The smallest absolute Gasteiger partial charge is 0.191 e. The molecule has 0 bridgehead atoms. The molecule has 0 aromatic carbocycles. The second-order valence-electron chi connectivity index (χ2n) is 5.85. The zero-order valence-electron chi connectivity index (χ0n) is 11.5. The van der Waals surface area contributed by atoms with Gasteiger partial charge in [0.25, 0.3) is 0 Å². The summed E-state index contributed by atoms with van der Waals surface area (Å²) < 4.78 is 5.30. The molecule has 0 radical (unpaired) electrons. The van der Waals surface area contributed by atoms with Gasteiger partial charge in [-0.2, -0.15) is 0 Å². The van der Waals surface area contributed by atoms with Gasteiger partial charge in [-0.1, -0.05) is 0 Å². The van der Waals surface area contributed by atoms with Crippen LogP contribution < -0.4 is 10.6 Å². The Hall–Kier alpha value is -1.45. The van der Waals surface area contributed by atoms with Gasteiger partial charge in [0.1, 0.15) is 5.76 Å². The molecule has 0 spiro atoms. The SMILES string of the molecule is CC(C)(C)NC(=NCCc1ccco1)NC1CC1. The molecule has 2 rings (SSSR count). The average Bonchev–Trinajstić information content (AvgIpc) is 2.91. The maximum Gasteiger partial charge on any atom is 0.191 e. The Bertz CT molecular complexity index is 386. The molecule has 2 N–H and O–H groups in total. The van der Waals surface area contributed by atoms with E-state index in [1.807, 2.05) is 12.1 Å². The van der Waals surface area contributed by atoms with Crippen LogP contribution in [0.3, 0.4) is 0 Å². The van der Waals surface area contributed by atoms with Crippen molar-refractivity contribution in [2.75, 3.05) is 6.54 Å². The zero-order chi connectivity index (χ0) is 13.0. The Morgan fingerprint density at radius 1 is 1.44 bits per heavy atom. The molecule has 0 aliphatic heterocycles. The maximum absolute atomic E-state index is 5.30. The Morgan fingerprint density at radius 2 is 2.22 bits per heavy atom. The minimum Gasteiger partial charge on any atom is -0.469 e. The molecule has 18 heavy (non-hydrogen) atoms. The summed E-state index contributed by atoms with van der Waals surface area (Å²) in [6.45, 7) is 7.17. The van der Waals surface area contributed by atoms with Gasteiger partial charge >= 0.3 is 0 Å². The van der Waals surface area contributed by atoms with Gasteiger partial charge in [-0.15, -0.1) is 0 Å². The highest BCUT2D eigenvalue weighted by molar-refractivity contribution is 5.81. The van der Waals surface area contributed by atoms with Crippen LogP contribution in [0.5, 0.6) is 0 Å². The fourth-order valence-electron chi connectivity index (χ4n) is 1.63. The van der Waals surface area contributed by atoms with Crippen LogP contribution in [-0.4, -0.2) is 24.1 Å². The van der Waals surface area contributed by atoms with E-state index in [-0.39, 0.29) is 5.54 Å². The van der Waals surface area contributed by atoms with E-state index in [2.05, 4.69) is 36.4 Å². The van der Waals surface area contributed by atoms with Crippen LogP contribution in [-0.2, 0) is 6.42 Å². The Morgan fingerprint density at radius 3 is 2.78 bits per heavy atom. The summed E-state index contributed by atoms with van der Waals surface area (Å²) >= 11 is 0. The molecule has 1 fully saturated rings. The fraction of sp³-hybridized carbons (Fsp3) is 0.643. The van der Waals surface area contributed by atoms with Crippen LogP contribution in [0.15, 0.2) is 27.8 Å². The summed E-state index contributed by atoms with van der Waals surface area (Å²) in [7, 11) is 0. The number of furan rings is 1. The molecule has 1 aliphatic carbocycles. The first-order valence-corrected chi connectivity index (χ1v) is 6.64. The largest absolute Gasteiger partial charge is 0.469 e. The van der Waals surface area contributed by atoms with E-state index < -0.39 is 0 Å². The van der Waals surface area contributed by atoms with E-state index in [0.29, 0.717) is 6.04 Å². The van der Waals surface area contributed by atoms with E-state index >= 15 is 0 Å². The molecule has 0 amide bonds. The van der Waals surface area contributed by atoms with Crippen molar-refractivity contribution in [3.8, 4) is 0 Å². The maximum atomic E-state index is 5.30. The van der Waals surface area contributed by atoms with Crippen molar-refractivity contribution in [1.29, 1.82) is 0 Å². The van der Waals surface area contributed by atoms with E-state index in [0.717, 1.165) is 24.7 Å². The van der Waals surface area contributed by atoms with Gasteiger partial charge in [0, 0.05) is 24.5 Å². The second-order valence-corrected chi connectivity index (χ2v) is 5.85. The van der Waals surface area contributed by atoms with Crippen molar-refractivity contribution < 1.29 is 4.42 Å². The number of nitrogens with one attached hydrogen (secondary N) is 2. The molecule has 1 heterocycles. The summed E-state index contributed by atoms with van der Waals surface area (Å²) in [6.07, 6.45) is 5.05. The number of nitrogens with zero attached hydrogens (tertiary/aromatic N) is 1. The lowest BCUT2D eigenvalue weighted by Gasteiger charge is -2.24. The summed E-state index contributed by atoms with van der Waals surface area (Å²) in [5.74, 6) is 1.90. The monoisotopic (exact) mass is 249 g/mol. The van der Waals surface area contributed by atoms with Crippen molar-refractivity contribution in [2.24, 2.45) is 4.99 Å². The number of hydrogen-bond donors (Lipinski definition) is 2. The molecule has 0 atom stereocenters. The molecular weight excluding hydrogens is 226 g/mol. The van der Waals surface area contributed by atoms with Crippen LogP contribution in [0, 0.1) is 0 Å². The molecular formula is C14H23N3O. The first-order valence-electron chi connectivity index (χ1n) is 6.64. The third-order valence-electron chi connectivity index (χ3n) is 2.62. The fourth-order valence-corrected chi connectivity index (χ4v) is 1.63. The lowest BCUT2D eigenvalue weighted by molar-refractivity contribution is 0.497. The Kier molecular flexibility index (Phi) is 3.94. The standard InChI is InChI=1S/C14H23N3O/c1-14(2,3)17-13(16-11-6-7-11)15-9-8-12-5-4-10-18-12/h4-5,10-11H,6-9H2,1-3H3,(H2,15,16,17). The van der Waals surface area contributed by atoms with Crippen LogP contribution in [0.4, 0.5) is 0 Å². The normalized spacial score (nSPS) is 16.7. The molecule has 0 unspecified atom stereocenters. The summed E-state index contributed by atoms with van der Waals surface area (Å²) in [6, 6.07) is 4.51. The van der Waals surface area contributed by atoms with Crippen molar-refractivity contribution >= 4 is 5.96 Å². The third kappa shape index (κ3) is 4.82. The molecule has 1 aromatic rings. The quantitative estimate of drug-likeness (QED) is 0.636. The zero-order valence-corrected chi connectivity index (χ0v) is 11.5. The van der Waals surface area contributed by atoms with E-state index in [4.69, 9.17) is 4.42 Å². The minimum atomic E-state index is 0.0331. The summed E-state index contributed by atoms with van der Waals surface area (Å²) in [5, 5.41) is 6.85. The topological polar surface area (TPSA) is 49.6 Å². The average molecular weight is 249 g/mol. The van der Waals surface area contributed by atoms with Crippen LogP contribution in [0.25, 0.3) is 0 Å². The number of aliphatic imine (C=N–C) groups is 1. The van der Waals surface area contributed by atoms with Crippen LogP contribution in [0.2, 0.25) is 0 Å². The van der Waals surface area contributed by atoms with Crippen molar-refractivity contribution in [3.05, 3.63) is 24.2 Å². The number of hydrogen-bond acceptors (Lipinski definition) is 2. The number of guanidine groups is 1. The summed E-state index contributed by atoms with van der Waals surface area (Å²) in [5.41, 5.74) is 0.0331. The van der Waals surface area contributed by atoms with Crippen molar-refractivity contribution in [1.82, 2.24) is 10.6 Å². The highest BCUT2D eigenvalue weighted by atomic mass is 16.3. The van der Waals surface area contributed by atoms with Gasteiger partial charge in [-0.3, -0.25) is 4.99 Å². The van der Waals surface area contributed by atoms with Gasteiger partial charge in [-0.25, -0.2) is 0 Å². The molecule has 4 heteroatoms. The Balaban J connectivity index is 1.85. The lowest BCUT2D eigenvalue weighted by atomic mass is 10.1. The van der Waals surface area contributed by atoms with E-state index in [1.54, 1.807) is 6.26 Å². The van der Waals surface area contributed by atoms with E-state index in [9.17, 15) is 0 Å². The molecule has 1 aliphatic rings. The minimum absolute atomic E-state index is 0.0331. The first kappa shape index (κ1) is 13.0. The number of rotatable bonds is 4. The van der Waals surface area contributed by atoms with Gasteiger partial charge in [-0.05, 0) is 45.7 Å². The van der Waals surface area contributed by atoms with Gasteiger partial charge in [0.05, 0.1) is 6.26 Å². The second kappa shape index (κ2) is 5.46. The first-order chi connectivity index (χ1) is 8.53. The van der Waals surface area contributed by atoms with E-state index in [1.165, 1.54) is 12.8 Å². The van der Waals surface area contributed by atoms with Crippen molar-refractivity contribution in [2.45, 2.75) is 51.6 Å². The predicted octanol–water partition coefficient (Wildman–Crippen LogP) is 2.32. The van der Waals surface area contributed by atoms with Crippen molar-refractivity contribution in [3.63, 3.8) is 0 Å². The predicted molar refractivity (Wildman–Crippen MR) is 73.8 cm³/mol. The highest BCUT2D eigenvalue weighted by Crippen LogP contribution is 2.18. The Labute approximate surface area is 109 Å². The summed E-state index contributed by atoms with van der Waals surface area (Å²) in [4.78, 5) is 4.60. The molecule has 0 saturated heterocycles. The highest BCUT2D eigenvalue weighted by Gasteiger charge is 2.23. The lowest BCUT2D eigenvalue weighted by Crippen LogP contribution is -2.48. The molecule has 4 nitrogen and oxygen atoms in total. The van der Waals surface area contributed by atoms with Crippen LogP contribution in [0.1, 0.15) is 39.4 Å².